The highest BCUT2D eigenvalue weighted by Gasteiger charge is 2.22. The lowest BCUT2D eigenvalue weighted by atomic mass is 10.1. The summed E-state index contributed by atoms with van der Waals surface area (Å²) in [5.74, 6) is 0.949. The van der Waals surface area contributed by atoms with Gasteiger partial charge in [0.05, 0.1) is 13.3 Å². The zero-order valence-electron chi connectivity index (χ0n) is 10.6. The van der Waals surface area contributed by atoms with Crippen LogP contribution >= 0.6 is 0 Å². The Balaban J connectivity index is 2.21. The van der Waals surface area contributed by atoms with E-state index in [9.17, 15) is 0 Å². The lowest BCUT2D eigenvalue weighted by Crippen LogP contribution is -2.48. The number of nitrogens with zero attached hydrogens (tertiary/aromatic N) is 1. The molecule has 1 aliphatic rings. The number of benzene rings is 1. The van der Waals surface area contributed by atoms with Crippen molar-refractivity contribution >= 4 is 0 Å². The summed E-state index contributed by atoms with van der Waals surface area (Å²) in [5, 5.41) is 6.75. The van der Waals surface area contributed by atoms with E-state index in [0.717, 1.165) is 31.9 Å². The Hall–Kier alpha value is -1.10. The molecule has 2 rings (SSSR count). The Kier molecular flexibility index (Phi) is 4.36. The maximum absolute atomic E-state index is 5.44. The van der Waals surface area contributed by atoms with E-state index >= 15 is 0 Å². The van der Waals surface area contributed by atoms with Gasteiger partial charge in [-0.2, -0.15) is 0 Å². The largest absolute Gasteiger partial charge is 0.496 e. The van der Waals surface area contributed by atoms with E-state index in [2.05, 4.69) is 27.7 Å². The van der Waals surface area contributed by atoms with Crippen molar-refractivity contribution in [2.45, 2.75) is 6.17 Å². The Morgan fingerprint density at radius 1 is 1.29 bits per heavy atom. The normalized spacial score (nSPS) is 18.9. The van der Waals surface area contributed by atoms with Gasteiger partial charge in [0, 0.05) is 31.7 Å². The standard InChI is InChI=1S/C13H21N3O/c1-14-13(16-9-7-15-8-10-16)11-5-3-4-6-12(11)17-2/h3-6,13-15H,7-10H2,1-2H3. The summed E-state index contributed by atoms with van der Waals surface area (Å²) in [6.07, 6.45) is 0.230. The Morgan fingerprint density at radius 3 is 2.65 bits per heavy atom. The quantitative estimate of drug-likeness (QED) is 0.810. The minimum atomic E-state index is 0.230. The van der Waals surface area contributed by atoms with Crippen LogP contribution in [0.3, 0.4) is 0 Å². The highest BCUT2D eigenvalue weighted by Crippen LogP contribution is 2.27. The summed E-state index contributed by atoms with van der Waals surface area (Å²) < 4.78 is 5.44. The van der Waals surface area contributed by atoms with Gasteiger partial charge in [0.1, 0.15) is 5.75 Å². The van der Waals surface area contributed by atoms with Crippen LogP contribution in [0.4, 0.5) is 0 Å². The van der Waals surface area contributed by atoms with Crippen LogP contribution < -0.4 is 15.4 Å². The number of para-hydroxylation sites is 1. The second-order valence-electron chi connectivity index (χ2n) is 4.22. The predicted molar refractivity (Wildman–Crippen MR) is 69.2 cm³/mol. The first-order chi connectivity index (χ1) is 8.36. The fourth-order valence-corrected chi connectivity index (χ4v) is 2.37. The molecule has 1 saturated heterocycles. The van der Waals surface area contributed by atoms with E-state index in [-0.39, 0.29) is 6.17 Å². The minimum Gasteiger partial charge on any atom is -0.496 e. The van der Waals surface area contributed by atoms with Crippen LogP contribution in [0, 0.1) is 0 Å². The summed E-state index contributed by atoms with van der Waals surface area (Å²) in [7, 11) is 3.72. The molecule has 4 nitrogen and oxygen atoms in total. The maximum atomic E-state index is 5.44. The molecule has 1 aliphatic heterocycles. The summed E-state index contributed by atoms with van der Waals surface area (Å²) in [6.45, 7) is 4.22. The Labute approximate surface area is 103 Å². The third-order valence-corrected chi connectivity index (χ3v) is 3.22. The van der Waals surface area contributed by atoms with Crippen LogP contribution in [-0.2, 0) is 0 Å². The van der Waals surface area contributed by atoms with Crippen molar-refractivity contribution in [2.75, 3.05) is 40.3 Å². The molecular formula is C13H21N3O. The van der Waals surface area contributed by atoms with Crippen molar-refractivity contribution in [3.8, 4) is 5.75 Å². The van der Waals surface area contributed by atoms with Crippen LogP contribution in [0.25, 0.3) is 0 Å². The predicted octanol–water partition coefficient (Wildman–Crippen LogP) is 0.818. The fourth-order valence-electron chi connectivity index (χ4n) is 2.37. The first kappa shape index (κ1) is 12.4. The Bertz CT molecular complexity index is 350. The summed E-state index contributed by atoms with van der Waals surface area (Å²) in [6, 6.07) is 8.21. The molecule has 0 bridgehead atoms. The molecule has 1 fully saturated rings. The number of rotatable bonds is 4. The molecule has 0 amide bonds. The van der Waals surface area contributed by atoms with Gasteiger partial charge in [0.2, 0.25) is 0 Å². The first-order valence-electron chi connectivity index (χ1n) is 6.11. The smallest absolute Gasteiger partial charge is 0.124 e. The van der Waals surface area contributed by atoms with Crippen LogP contribution in [-0.4, -0.2) is 45.2 Å². The van der Waals surface area contributed by atoms with Crippen LogP contribution in [0.2, 0.25) is 0 Å². The van der Waals surface area contributed by atoms with Gasteiger partial charge in [-0.05, 0) is 13.1 Å². The lowest BCUT2D eigenvalue weighted by molar-refractivity contribution is 0.150. The van der Waals surface area contributed by atoms with Crippen LogP contribution in [0.15, 0.2) is 24.3 Å². The molecule has 94 valence electrons. The lowest BCUT2D eigenvalue weighted by Gasteiger charge is -2.35. The van der Waals surface area contributed by atoms with Gasteiger partial charge < -0.3 is 15.4 Å². The number of hydrogen-bond donors (Lipinski definition) is 2. The number of methoxy groups -OCH3 is 1. The van der Waals surface area contributed by atoms with Gasteiger partial charge in [-0.1, -0.05) is 18.2 Å². The molecule has 0 aromatic heterocycles. The van der Waals surface area contributed by atoms with Crippen molar-refractivity contribution in [1.82, 2.24) is 15.5 Å². The monoisotopic (exact) mass is 235 g/mol. The molecule has 1 aromatic carbocycles. The first-order valence-corrected chi connectivity index (χ1v) is 6.11. The molecule has 4 heteroatoms. The average molecular weight is 235 g/mol. The van der Waals surface area contributed by atoms with Gasteiger partial charge in [-0.25, -0.2) is 0 Å². The number of hydrogen-bond acceptors (Lipinski definition) is 4. The minimum absolute atomic E-state index is 0.230. The topological polar surface area (TPSA) is 36.5 Å². The summed E-state index contributed by atoms with van der Waals surface area (Å²) in [4.78, 5) is 2.44. The van der Waals surface area contributed by atoms with E-state index in [1.165, 1.54) is 5.56 Å². The molecule has 0 aliphatic carbocycles. The Morgan fingerprint density at radius 2 is 2.00 bits per heavy atom. The molecule has 1 atom stereocenters. The zero-order valence-corrected chi connectivity index (χ0v) is 10.6. The van der Waals surface area contributed by atoms with E-state index in [4.69, 9.17) is 4.74 Å². The highest BCUT2D eigenvalue weighted by molar-refractivity contribution is 5.35. The average Bonchev–Trinajstić information content (AvgIpc) is 2.41. The molecule has 1 unspecified atom stereocenters. The van der Waals surface area contributed by atoms with Gasteiger partial charge in [-0.3, -0.25) is 4.90 Å². The second kappa shape index (κ2) is 6.00. The third-order valence-electron chi connectivity index (χ3n) is 3.22. The summed E-state index contributed by atoms with van der Waals surface area (Å²) >= 11 is 0. The third kappa shape index (κ3) is 2.77. The SMILES string of the molecule is CNC(c1ccccc1OC)N1CCNCC1. The van der Waals surface area contributed by atoms with Crippen molar-refractivity contribution in [1.29, 1.82) is 0 Å². The van der Waals surface area contributed by atoms with Gasteiger partial charge in [0.25, 0.3) is 0 Å². The van der Waals surface area contributed by atoms with E-state index < -0.39 is 0 Å². The van der Waals surface area contributed by atoms with Crippen molar-refractivity contribution in [3.63, 3.8) is 0 Å². The highest BCUT2D eigenvalue weighted by atomic mass is 16.5. The molecule has 17 heavy (non-hydrogen) atoms. The van der Waals surface area contributed by atoms with Crippen LogP contribution in [0.1, 0.15) is 11.7 Å². The fraction of sp³-hybridized carbons (Fsp3) is 0.538. The number of piperazine rings is 1. The van der Waals surface area contributed by atoms with E-state index in [0.29, 0.717) is 0 Å². The molecular weight excluding hydrogens is 214 g/mol. The van der Waals surface area contributed by atoms with Gasteiger partial charge in [-0.15, -0.1) is 0 Å². The van der Waals surface area contributed by atoms with E-state index in [1.54, 1.807) is 7.11 Å². The molecule has 2 N–H and O–H groups in total. The molecule has 0 saturated carbocycles. The molecule has 1 heterocycles. The number of ether oxygens (including phenoxy) is 1. The van der Waals surface area contributed by atoms with Crippen molar-refractivity contribution < 1.29 is 4.74 Å². The van der Waals surface area contributed by atoms with Crippen molar-refractivity contribution in [3.05, 3.63) is 29.8 Å². The molecule has 0 radical (unpaired) electrons. The molecule has 0 spiro atoms. The number of nitrogens with one attached hydrogen (secondary N) is 2. The van der Waals surface area contributed by atoms with Crippen LogP contribution in [0.5, 0.6) is 5.75 Å². The van der Waals surface area contributed by atoms with Gasteiger partial charge >= 0.3 is 0 Å². The van der Waals surface area contributed by atoms with E-state index in [1.807, 2.05) is 19.2 Å². The summed E-state index contributed by atoms with van der Waals surface area (Å²) in [5.41, 5.74) is 1.21. The zero-order chi connectivity index (χ0) is 12.1. The second-order valence-corrected chi connectivity index (χ2v) is 4.22. The molecule has 1 aromatic rings. The maximum Gasteiger partial charge on any atom is 0.124 e. The van der Waals surface area contributed by atoms with Gasteiger partial charge in [0.15, 0.2) is 0 Å². The van der Waals surface area contributed by atoms with Crippen molar-refractivity contribution in [2.24, 2.45) is 0 Å².